The van der Waals surface area contributed by atoms with Gasteiger partial charge in [0.2, 0.25) is 0 Å². The van der Waals surface area contributed by atoms with Gasteiger partial charge in [0, 0.05) is 7.05 Å². The van der Waals surface area contributed by atoms with Crippen LogP contribution in [-0.4, -0.2) is 22.1 Å². The lowest BCUT2D eigenvalue weighted by atomic mass is 10.2. The number of carbonyl (C=O) groups is 1. The summed E-state index contributed by atoms with van der Waals surface area (Å²) in [5, 5.41) is 10.6. The van der Waals surface area contributed by atoms with E-state index in [0.29, 0.717) is 5.56 Å². The van der Waals surface area contributed by atoms with Crippen molar-refractivity contribution in [1.29, 1.82) is 0 Å². The summed E-state index contributed by atoms with van der Waals surface area (Å²) in [4.78, 5) is 21.5. The maximum Gasteiger partial charge on any atom is 0.355 e. The number of rotatable bonds is 3. The van der Waals surface area contributed by atoms with Crippen LogP contribution < -0.4 is 0 Å². The Morgan fingerprint density at radius 1 is 1.67 bits per heavy atom. The van der Waals surface area contributed by atoms with Crippen LogP contribution in [0.4, 0.5) is 5.69 Å². The van der Waals surface area contributed by atoms with Gasteiger partial charge in [-0.3, -0.25) is 10.1 Å². The van der Waals surface area contributed by atoms with Crippen molar-refractivity contribution >= 4 is 11.7 Å². The minimum Gasteiger partial charge on any atom is -0.461 e. The van der Waals surface area contributed by atoms with Crippen LogP contribution in [0.15, 0.2) is 6.20 Å². The number of nitro groups is 1. The molecule has 1 heterocycles. The van der Waals surface area contributed by atoms with E-state index in [1.165, 1.54) is 17.7 Å². The summed E-state index contributed by atoms with van der Waals surface area (Å²) >= 11 is 0. The average Bonchev–Trinajstić information content (AvgIpc) is 2.42. The van der Waals surface area contributed by atoms with E-state index in [1.807, 2.05) is 0 Å². The highest BCUT2D eigenvalue weighted by atomic mass is 16.6. The molecule has 0 aliphatic rings. The molecule has 0 amide bonds. The van der Waals surface area contributed by atoms with Crippen LogP contribution in [0.3, 0.4) is 0 Å². The van der Waals surface area contributed by atoms with Gasteiger partial charge in [0.05, 0.1) is 23.3 Å². The molecule has 0 N–H and O–H groups in total. The van der Waals surface area contributed by atoms with Gasteiger partial charge in [0.25, 0.3) is 5.69 Å². The Morgan fingerprint density at radius 2 is 2.27 bits per heavy atom. The van der Waals surface area contributed by atoms with Crippen molar-refractivity contribution in [3.63, 3.8) is 0 Å². The fraction of sp³-hybridized carbons (Fsp3) is 0.444. The van der Waals surface area contributed by atoms with Gasteiger partial charge in [-0.15, -0.1) is 0 Å². The zero-order valence-electron chi connectivity index (χ0n) is 8.81. The molecule has 0 unspecified atom stereocenters. The second-order valence-corrected chi connectivity index (χ2v) is 3.08. The molecule has 1 aromatic heterocycles. The largest absolute Gasteiger partial charge is 0.461 e. The summed E-state index contributed by atoms with van der Waals surface area (Å²) in [5.74, 6) is -0.536. The number of hydrogen-bond donors (Lipinski definition) is 0. The maximum atomic E-state index is 11.5. The lowest BCUT2D eigenvalue weighted by Gasteiger charge is -2.02. The fourth-order valence-electron chi connectivity index (χ4n) is 1.41. The Labute approximate surface area is 86.6 Å². The molecule has 0 fully saturated rings. The molecule has 0 aliphatic carbocycles. The molecular formula is C9H12N2O4. The molecule has 82 valence electrons. The number of aromatic nitrogens is 1. The van der Waals surface area contributed by atoms with E-state index < -0.39 is 10.9 Å². The Bertz CT molecular complexity index is 408. The van der Waals surface area contributed by atoms with Crippen molar-refractivity contribution in [2.75, 3.05) is 6.61 Å². The van der Waals surface area contributed by atoms with Gasteiger partial charge >= 0.3 is 5.97 Å². The summed E-state index contributed by atoms with van der Waals surface area (Å²) in [6.07, 6.45) is 1.31. The van der Waals surface area contributed by atoms with E-state index in [0.717, 1.165) is 0 Å². The SMILES string of the molecule is CCOC(=O)c1c(C)c([N+](=O)[O-])cn1C. The van der Waals surface area contributed by atoms with Crippen LogP contribution in [0.5, 0.6) is 0 Å². The van der Waals surface area contributed by atoms with E-state index in [-0.39, 0.29) is 18.0 Å². The summed E-state index contributed by atoms with van der Waals surface area (Å²) in [6.45, 7) is 3.46. The van der Waals surface area contributed by atoms with E-state index >= 15 is 0 Å². The predicted molar refractivity (Wildman–Crippen MR) is 52.8 cm³/mol. The molecule has 0 radical (unpaired) electrons. The first-order valence-electron chi connectivity index (χ1n) is 4.46. The number of esters is 1. The Hall–Kier alpha value is -1.85. The Balaban J connectivity index is 3.19. The number of ether oxygens (including phenoxy) is 1. The van der Waals surface area contributed by atoms with E-state index in [2.05, 4.69) is 0 Å². The van der Waals surface area contributed by atoms with Crippen LogP contribution in [0.2, 0.25) is 0 Å². The van der Waals surface area contributed by atoms with Crippen molar-refractivity contribution in [1.82, 2.24) is 4.57 Å². The van der Waals surface area contributed by atoms with Crippen molar-refractivity contribution in [3.05, 3.63) is 27.6 Å². The van der Waals surface area contributed by atoms with Gasteiger partial charge in [0.1, 0.15) is 5.69 Å². The molecular weight excluding hydrogens is 200 g/mol. The second-order valence-electron chi connectivity index (χ2n) is 3.08. The van der Waals surface area contributed by atoms with Crippen LogP contribution in [0.25, 0.3) is 0 Å². The molecule has 1 aromatic rings. The average molecular weight is 212 g/mol. The lowest BCUT2D eigenvalue weighted by Crippen LogP contribution is -2.10. The van der Waals surface area contributed by atoms with Gasteiger partial charge < -0.3 is 9.30 Å². The standard InChI is InChI=1S/C9H12N2O4/c1-4-15-9(12)8-6(2)7(11(13)14)5-10(8)3/h5H,4H2,1-3H3. The molecule has 0 saturated carbocycles. The second kappa shape index (κ2) is 4.12. The van der Waals surface area contributed by atoms with E-state index in [9.17, 15) is 14.9 Å². The first-order chi connectivity index (χ1) is 6.99. The molecule has 0 aromatic carbocycles. The minimum absolute atomic E-state index is 0.0689. The van der Waals surface area contributed by atoms with Crippen molar-refractivity contribution < 1.29 is 14.5 Å². The number of nitrogens with zero attached hydrogens (tertiary/aromatic N) is 2. The van der Waals surface area contributed by atoms with Crippen molar-refractivity contribution in [2.24, 2.45) is 7.05 Å². The zero-order valence-corrected chi connectivity index (χ0v) is 8.81. The molecule has 0 saturated heterocycles. The zero-order chi connectivity index (χ0) is 11.6. The van der Waals surface area contributed by atoms with E-state index in [1.54, 1.807) is 14.0 Å². The number of hydrogen-bond acceptors (Lipinski definition) is 4. The summed E-state index contributed by atoms with van der Waals surface area (Å²) in [5.41, 5.74) is 0.491. The topological polar surface area (TPSA) is 74.4 Å². The Morgan fingerprint density at radius 3 is 2.67 bits per heavy atom. The monoisotopic (exact) mass is 212 g/mol. The molecule has 0 spiro atoms. The summed E-state index contributed by atoms with van der Waals surface area (Å²) in [7, 11) is 1.58. The van der Waals surface area contributed by atoms with E-state index in [4.69, 9.17) is 4.74 Å². The number of carbonyl (C=O) groups excluding carboxylic acids is 1. The van der Waals surface area contributed by atoms with Crippen LogP contribution in [0.1, 0.15) is 23.0 Å². The minimum atomic E-state index is -0.536. The third-order valence-corrected chi connectivity index (χ3v) is 2.07. The summed E-state index contributed by atoms with van der Waals surface area (Å²) in [6, 6.07) is 0. The first-order valence-corrected chi connectivity index (χ1v) is 4.46. The highest BCUT2D eigenvalue weighted by molar-refractivity contribution is 5.90. The van der Waals surface area contributed by atoms with Gasteiger partial charge in [-0.05, 0) is 13.8 Å². The van der Waals surface area contributed by atoms with Gasteiger partial charge in [0.15, 0.2) is 0 Å². The third kappa shape index (κ3) is 1.98. The molecule has 6 heteroatoms. The highest BCUT2D eigenvalue weighted by Gasteiger charge is 2.24. The first kappa shape index (κ1) is 11.2. The van der Waals surface area contributed by atoms with Crippen LogP contribution in [-0.2, 0) is 11.8 Å². The molecule has 6 nitrogen and oxygen atoms in total. The van der Waals surface area contributed by atoms with Gasteiger partial charge in [-0.25, -0.2) is 4.79 Å². The quantitative estimate of drug-likeness (QED) is 0.431. The van der Waals surface area contributed by atoms with Crippen LogP contribution in [0, 0.1) is 17.0 Å². The van der Waals surface area contributed by atoms with Crippen molar-refractivity contribution in [3.8, 4) is 0 Å². The molecule has 1 rings (SSSR count). The van der Waals surface area contributed by atoms with Crippen molar-refractivity contribution in [2.45, 2.75) is 13.8 Å². The predicted octanol–water partition coefficient (Wildman–Crippen LogP) is 1.42. The normalized spacial score (nSPS) is 10.1. The maximum absolute atomic E-state index is 11.5. The summed E-state index contributed by atoms with van der Waals surface area (Å²) < 4.78 is 6.21. The molecule has 0 bridgehead atoms. The molecule has 0 atom stereocenters. The smallest absolute Gasteiger partial charge is 0.355 e. The third-order valence-electron chi connectivity index (χ3n) is 2.07. The Kier molecular flexibility index (Phi) is 3.08. The fourth-order valence-corrected chi connectivity index (χ4v) is 1.41. The molecule has 0 aliphatic heterocycles. The lowest BCUT2D eigenvalue weighted by molar-refractivity contribution is -0.385. The van der Waals surface area contributed by atoms with Gasteiger partial charge in [-0.2, -0.15) is 0 Å². The van der Waals surface area contributed by atoms with Gasteiger partial charge in [-0.1, -0.05) is 0 Å². The highest BCUT2D eigenvalue weighted by Crippen LogP contribution is 2.23. The molecule has 15 heavy (non-hydrogen) atoms. The van der Waals surface area contributed by atoms with Crippen LogP contribution >= 0.6 is 0 Å². The number of aryl methyl sites for hydroxylation is 1.